The SMILES string of the molecule is CC(Oc1ccc(Cl)cc1Cl)C(=O)NN=Cc1c(Cl)cccc1Cl. The fourth-order valence-electron chi connectivity index (χ4n) is 1.70. The van der Waals surface area contributed by atoms with Crippen molar-refractivity contribution < 1.29 is 9.53 Å². The van der Waals surface area contributed by atoms with E-state index in [1.807, 2.05) is 0 Å². The predicted molar refractivity (Wildman–Crippen MR) is 98.8 cm³/mol. The molecule has 2 aromatic rings. The monoisotopic (exact) mass is 404 g/mol. The van der Waals surface area contributed by atoms with Gasteiger partial charge in [0.2, 0.25) is 0 Å². The molecule has 1 atom stereocenters. The summed E-state index contributed by atoms with van der Waals surface area (Å²) in [7, 11) is 0. The van der Waals surface area contributed by atoms with Crippen LogP contribution in [0.1, 0.15) is 12.5 Å². The topological polar surface area (TPSA) is 50.7 Å². The Morgan fingerprint density at radius 3 is 2.42 bits per heavy atom. The fraction of sp³-hybridized carbons (Fsp3) is 0.125. The van der Waals surface area contributed by atoms with Gasteiger partial charge in [-0.05, 0) is 37.3 Å². The van der Waals surface area contributed by atoms with Gasteiger partial charge < -0.3 is 4.74 Å². The third-order valence-corrected chi connectivity index (χ3v) is 4.12. The Hall–Kier alpha value is -1.46. The normalized spacial score (nSPS) is 12.2. The van der Waals surface area contributed by atoms with Gasteiger partial charge >= 0.3 is 0 Å². The molecule has 24 heavy (non-hydrogen) atoms. The smallest absolute Gasteiger partial charge is 0.280 e. The van der Waals surface area contributed by atoms with Gasteiger partial charge in [0.25, 0.3) is 5.91 Å². The zero-order valence-electron chi connectivity index (χ0n) is 12.4. The van der Waals surface area contributed by atoms with Crippen molar-refractivity contribution in [1.82, 2.24) is 5.43 Å². The molecule has 0 radical (unpaired) electrons. The first kappa shape index (κ1) is 18.9. The zero-order chi connectivity index (χ0) is 17.7. The Kier molecular flexibility index (Phi) is 6.75. The van der Waals surface area contributed by atoms with Crippen molar-refractivity contribution >= 4 is 58.5 Å². The van der Waals surface area contributed by atoms with Gasteiger partial charge in [-0.15, -0.1) is 0 Å². The van der Waals surface area contributed by atoms with E-state index < -0.39 is 12.0 Å². The molecule has 4 nitrogen and oxygen atoms in total. The number of halogens is 4. The number of benzene rings is 2. The van der Waals surface area contributed by atoms with Crippen LogP contribution in [0.5, 0.6) is 5.75 Å². The van der Waals surface area contributed by atoms with Crippen LogP contribution in [0.2, 0.25) is 20.1 Å². The van der Waals surface area contributed by atoms with E-state index in [1.54, 1.807) is 37.3 Å². The number of nitrogens with zero attached hydrogens (tertiary/aromatic N) is 1. The summed E-state index contributed by atoms with van der Waals surface area (Å²) in [4.78, 5) is 12.0. The number of amides is 1. The third-order valence-electron chi connectivity index (χ3n) is 2.93. The molecule has 0 aliphatic heterocycles. The third kappa shape index (κ3) is 5.02. The quantitative estimate of drug-likeness (QED) is 0.547. The summed E-state index contributed by atoms with van der Waals surface area (Å²) in [5.41, 5.74) is 2.87. The van der Waals surface area contributed by atoms with Crippen molar-refractivity contribution in [2.45, 2.75) is 13.0 Å². The van der Waals surface area contributed by atoms with Crippen LogP contribution >= 0.6 is 46.4 Å². The summed E-state index contributed by atoms with van der Waals surface area (Å²) >= 11 is 23.8. The van der Waals surface area contributed by atoms with Gasteiger partial charge in [0.15, 0.2) is 6.10 Å². The maximum atomic E-state index is 12.0. The molecule has 0 bridgehead atoms. The number of carbonyl (C=O) groups excluding carboxylic acids is 1. The summed E-state index contributed by atoms with van der Waals surface area (Å²) in [6, 6.07) is 9.79. The van der Waals surface area contributed by atoms with Gasteiger partial charge in [-0.1, -0.05) is 52.5 Å². The number of hydrogen-bond donors (Lipinski definition) is 1. The van der Waals surface area contributed by atoms with Crippen molar-refractivity contribution in [3.63, 3.8) is 0 Å². The van der Waals surface area contributed by atoms with Gasteiger partial charge in [0.1, 0.15) is 5.75 Å². The highest BCUT2D eigenvalue weighted by atomic mass is 35.5. The summed E-state index contributed by atoms with van der Waals surface area (Å²) in [5, 5.41) is 5.48. The standard InChI is InChI=1S/C16H12Cl4N2O2/c1-9(24-15-6-5-10(17)7-14(15)20)16(23)22-21-8-11-12(18)3-2-4-13(11)19/h2-9H,1H3,(H,22,23). The molecule has 1 amide bonds. The number of carbonyl (C=O) groups is 1. The van der Waals surface area contributed by atoms with E-state index in [4.69, 9.17) is 51.1 Å². The van der Waals surface area contributed by atoms with E-state index in [0.29, 0.717) is 31.4 Å². The van der Waals surface area contributed by atoms with Crippen LogP contribution in [-0.4, -0.2) is 18.2 Å². The number of ether oxygens (including phenoxy) is 1. The van der Waals surface area contributed by atoms with Crippen molar-refractivity contribution in [3.05, 3.63) is 62.1 Å². The highest BCUT2D eigenvalue weighted by Crippen LogP contribution is 2.28. The number of hydrogen-bond acceptors (Lipinski definition) is 3. The number of rotatable bonds is 5. The van der Waals surface area contributed by atoms with Crippen LogP contribution in [0.25, 0.3) is 0 Å². The van der Waals surface area contributed by atoms with Crippen molar-refractivity contribution in [3.8, 4) is 5.75 Å². The van der Waals surface area contributed by atoms with Crippen LogP contribution in [0.4, 0.5) is 0 Å². The van der Waals surface area contributed by atoms with E-state index in [9.17, 15) is 4.79 Å². The molecule has 0 aromatic heterocycles. The van der Waals surface area contributed by atoms with Gasteiger partial charge in [-0.3, -0.25) is 4.79 Å². The molecule has 8 heteroatoms. The molecule has 2 aromatic carbocycles. The molecule has 0 saturated heterocycles. The highest BCUT2D eigenvalue weighted by Gasteiger charge is 2.15. The molecule has 1 unspecified atom stereocenters. The van der Waals surface area contributed by atoms with E-state index in [0.717, 1.165) is 0 Å². The first-order valence-electron chi connectivity index (χ1n) is 6.77. The highest BCUT2D eigenvalue weighted by molar-refractivity contribution is 6.38. The van der Waals surface area contributed by atoms with Crippen molar-refractivity contribution in [2.24, 2.45) is 5.10 Å². The van der Waals surface area contributed by atoms with E-state index in [1.165, 1.54) is 12.3 Å². The molecular weight excluding hydrogens is 394 g/mol. The molecule has 1 N–H and O–H groups in total. The second-order valence-corrected chi connectivity index (χ2v) is 6.36. The summed E-state index contributed by atoms with van der Waals surface area (Å²) in [5.74, 6) is -0.109. The molecule has 0 aliphatic carbocycles. The van der Waals surface area contributed by atoms with Gasteiger partial charge in [0, 0.05) is 10.6 Å². The Balaban J connectivity index is 1.98. The Bertz CT molecular complexity index is 760. The lowest BCUT2D eigenvalue weighted by molar-refractivity contribution is -0.127. The fourth-order valence-corrected chi connectivity index (χ4v) is 2.65. The molecule has 0 spiro atoms. The Morgan fingerprint density at radius 2 is 1.79 bits per heavy atom. The average molecular weight is 406 g/mol. The molecule has 0 aliphatic rings. The van der Waals surface area contributed by atoms with Crippen molar-refractivity contribution in [2.75, 3.05) is 0 Å². The summed E-state index contributed by atoms with van der Waals surface area (Å²) in [6.45, 7) is 1.57. The molecule has 2 rings (SSSR count). The largest absolute Gasteiger partial charge is 0.479 e. The maximum Gasteiger partial charge on any atom is 0.280 e. The summed E-state index contributed by atoms with van der Waals surface area (Å²) in [6.07, 6.45) is 0.549. The van der Waals surface area contributed by atoms with E-state index >= 15 is 0 Å². The van der Waals surface area contributed by atoms with Crippen molar-refractivity contribution in [1.29, 1.82) is 0 Å². The lowest BCUT2D eigenvalue weighted by Crippen LogP contribution is -2.33. The van der Waals surface area contributed by atoms with Gasteiger partial charge in [-0.2, -0.15) is 5.10 Å². The Labute approximate surface area is 159 Å². The van der Waals surface area contributed by atoms with Crippen LogP contribution in [-0.2, 0) is 4.79 Å². The van der Waals surface area contributed by atoms with E-state index in [2.05, 4.69) is 10.5 Å². The predicted octanol–water partition coefficient (Wildman–Crippen LogP) is 5.22. The Morgan fingerprint density at radius 1 is 1.12 bits per heavy atom. The zero-order valence-corrected chi connectivity index (χ0v) is 15.4. The van der Waals surface area contributed by atoms with Gasteiger partial charge in [0.05, 0.1) is 21.3 Å². The number of hydrazone groups is 1. The van der Waals surface area contributed by atoms with Gasteiger partial charge in [-0.25, -0.2) is 5.43 Å². The first-order chi connectivity index (χ1) is 11.4. The van der Waals surface area contributed by atoms with Crippen LogP contribution in [0.3, 0.4) is 0 Å². The minimum atomic E-state index is -0.817. The minimum Gasteiger partial charge on any atom is -0.479 e. The maximum absolute atomic E-state index is 12.0. The van der Waals surface area contributed by atoms with Crippen LogP contribution in [0, 0.1) is 0 Å². The lowest BCUT2D eigenvalue weighted by Gasteiger charge is -2.14. The molecule has 0 fully saturated rings. The number of nitrogens with one attached hydrogen (secondary N) is 1. The first-order valence-corrected chi connectivity index (χ1v) is 8.28. The average Bonchev–Trinajstić information content (AvgIpc) is 2.52. The second-order valence-electron chi connectivity index (χ2n) is 4.70. The second kappa shape index (κ2) is 8.58. The minimum absolute atomic E-state index is 0.313. The summed E-state index contributed by atoms with van der Waals surface area (Å²) < 4.78 is 5.48. The molecular formula is C16H12Cl4N2O2. The lowest BCUT2D eigenvalue weighted by atomic mass is 10.2. The molecule has 126 valence electrons. The van der Waals surface area contributed by atoms with Crippen LogP contribution in [0.15, 0.2) is 41.5 Å². The molecule has 0 heterocycles. The van der Waals surface area contributed by atoms with E-state index in [-0.39, 0.29) is 0 Å². The molecule has 0 saturated carbocycles. The van der Waals surface area contributed by atoms with Crippen LogP contribution < -0.4 is 10.2 Å².